The van der Waals surface area contributed by atoms with Crippen LogP contribution in [0.5, 0.6) is 0 Å². The molecule has 0 unspecified atom stereocenters. The van der Waals surface area contributed by atoms with Crippen molar-refractivity contribution in [3.05, 3.63) is 76.5 Å². The van der Waals surface area contributed by atoms with Gasteiger partial charge in [-0.1, -0.05) is 17.7 Å². The number of amides is 1. The largest absolute Gasteiger partial charge is 0.356 e. The molecule has 1 aliphatic heterocycles. The molecule has 0 bridgehead atoms. The number of carbonyl (C=O) groups excluding carboxylic acids is 2. The molecule has 1 aliphatic rings. The quantitative estimate of drug-likeness (QED) is 0.593. The summed E-state index contributed by atoms with van der Waals surface area (Å²) >= 11 is 5.97. The van der Waals surface area contributed by atoms with Crippen LogP contribution < -0.4 is 10.2 Å². The highest BCUT2D eigenvalue weighted by atomic mass is 35.5. The van der Waals surface area contributed by atoms with Crippen molar-refractivity contribution in [3.63, 3.8) is 0 Å². The molecular formula is C22H21ClFN5O2. The number of pyridine rings is 1. The summed E-state index contributed by atoms with van der Waals surface area (Å²) in [6.07, 6.45) is 3.01. The number of H-pyrrole nitrogens is 1. The number of rotatable bonds is 5. The van der Waals surface area contributed by atoms with E-state index in [0.29, 0.717) is 5.69 Å². The first kappa shape index (κ1) is 21.0. The van der Waals surface area contributed by atoms with Crippen molar-refractivity contribution in [1.82, 2.24) is 14.9 Å². The molecule has 1 saturated heterocycles. The first-order valence-corrected chi connectivity index (χ1v) is 10.2. The highest BCUT2D eigenvalue weighted by Crippen LogP contribution is 2.23. The van der Waals surface area contributed by atoms with Gasteiger partial charge in [0.1, 0.15) is 17.3 Å². The van der Waals surface area contributed by atoms with Crippen LogP contribution in [0.15, 0.2) is 48.8 Å². The molecule has 0 saturated carbocycles. The maximum absolute atomic E-state index is 14.0. The van der Waals surface area contributed by atoms with Crippen LogP contribution in [0.1, 0.15) is 26.4 Å². The van der Waals surface area contributed by atoms with Gasteiger partial charge >= 0.3 is 0 Å². The molecule has 2 N–H and O–H groups in total. The van der Waals surface area contributed by atoms with Crippen LogP contribution in [0, 0.1) is 5.82 Å². The molecule has 0 spiro atoms. The zero-order chi connectivity index (χ0) is 22.0. The maximum Gasteiger partial charge on any atom is 0.272 e. The van der Waals surface area contributed by atoms with Crippen molar-refractivity contribution in [2.45, 2.75) is 0 Å². The Morgan fingerprint density at radius 2 is 1.94 bits per heavy atom. The number of hydrogen-bond acceptors (Lipinski definition) is 5. The normalized spacial score (nSPS) is 14.5. The van der Waals surface area contributed by atoms with Crippen LogP contribution in [0.3, 0.4) is 0 Å². The summed E-state index contributed by atoms with van der Waals surface area (Å²) in [6.45, 7) is 3.62. The van der Waals surface area contributed by atoms with E-state index in [0.717, 1.165) is 32.0 Å². The van der Waals surface area contributed by atoms with Crippen molar-refractivity contribution >= 4 is 34.8 Å². The summed E-state index contributed by atoms with van der Waals surface area (Å²) in [5, 5.41) is 2.82. The van der Waals surface area contributed by atoms with E-state index in [1.165, 1.54) is 30.5 Å². The number of benzene rings is 1. The Morgan fingerprint density at radius 3 is 2.68 bits per heavy atom. The first-order chi connectivity index (χ1) is 14.9. The van der Waals surface area contributed by atoms with Gasteiger partial charge in [0.25, 0.3) is 5.91 Å². The zero-order valence-corrected chi connectivity index (χ0v) is 17.6. The van der Waals surface area contributed by atoms with E-state index >= 15 is 0 Å². The first-order valence-electron chi connectivity index (χ1n) is 9.80. The molecule has 1 amide bonds. The van der Waals surface area contributed by atoms with Gasteiger partial charge in [0.15, 0.2) is 5.78 Å². The van der Waals surface area contributed by atoms with Gasteiger partial charge in [0, 0.05) is 55.9 Å². The third-order valence-corrected chi connectivity index (χ3v) is 5.53. The number of halogens is 2. The number of nitrogens with zero attached hydrogens (tertiary/aromatic N) is 3. The fourth-order valence-electron chi connectivity index (χ4n) is 3.42. The summed E-state index contributed by atoms with van der Waals surface area (Å²) in [5.74, 6) is -0.936. The Balaban J connectivity index is 1.47. The Hall–Kier alpha value is -3.23. The fourth-order valence-corrected chi connectivity index (χ4v) is 3.67. The zero-order valence-electron chi connectivity index (χ0n) is 16.9. The highest BCUT2D eigenvalue weighted by molar-refractivity contribution is 6.35. The minimum Gasteiger partial charge on any atom is -0.356 e. The summed E-state index contributed by atoms with van der Waals surface area (Å²) in [7, 11) is 2.08. The van der Waals surface area contributed by atoms with E-state index in [1.54, 1.807) is 12.3 Å². The van der Waals surface area contributed by atoms with E-state index in [-0.39, 0.29) is 21.8 Å². The lowest BCUT2D eigenvalue weighted by Gasteiger charge is -2.33. The van der Waals surface area contributed by atoms with Crippen molar-refractivity contribution in [2.75, 3.05) is 43.4 Å². The number of piperazine rings is 1. The lowest BCUT2D eigenvalue weighted by molar-refractivity contribution is 0.102. The van der Waals surface area contributed by atoms with Crippen LogP contribution in [0.25, 0.3) is 0 Å². The van der Waals surface area contributed by atoms with Crippen LogP contribution in [0.2, 0.25) is 5.02 Å². The summed E-state index contributed by atoms with van der Waals surface area (Å²) in [6, 6.07) is 8.93. The molecular weight excluding hydrogens is 421 g/mol. The number of ketones is 1. The molecule has 7 nitrogen and oxygen atoms in total. The average molecular weight is 442 g/mol. The van der Waals surface area contributed by atoms with Gasteiger partial charge in [-0.2, -0.15) is 0 Å². The molecule has 4 rings (SSSR count). The molecule has 1 aromatic carbocycles. The molecule has 3 heterocycles. The highest BCUT2D eigenvalue weighted by Gasteiger charge is 2.21. The van der Waals surface area contributed by atoms with Crippen LogP contribution in [-0.4, -0.2) is 59.8 Å². The predicted octanol–water partition coefficient (Wildman–Crippen LogP) is 3.44. The van der Waals surface area contributed by atoms with Crippen molar-refractivity contribution in [2.24, 2.45) is 0 Å². The SMILES string of the molecule is CN1CCN(c2cc(NC(=O)c3cc(C(=O)c4c(F)cccc4Cl)c[nH]3)ccn2)CC1. The minimum absolute atomic E-state index is 0.0189. The Labute approximate surface area is 183 Å². The second kappa shape index (κ2) is 8.87. The molecule has 1 fully saturated rings. The summed E-state index contributed by atoms with van der Waals surface area (Å²) < 4.78 is 14.0. The molecule has 0 radical (unpaired) electrons. The van der Waals surface area contributed by atoms with Crippen molar-refractivity contribution in [1.29, 1.82) is 0 Å². The lowest BCUT2D eigenvalue weighted by Crippen LogP contribution is -2.44. The van der Waals surface area contributed by atoms with Gasteiger partial charge in [-0.3, -0.25) is 9.59 Å². The molecule has 2 aromatic heterocycles. The number of nitrogens with one attached hydrogen (secondary N) is 2. The second-order valence-corrected chi connectivity index (χ2v) is 7.78. The van der Waals surface area contributed by atoms with E-state index in [4.69, 9.17) is 11.6 Å². The Morgan fingerprint density at radius 1 is 1.16 bits per heavy atom. The monoisotopic (exact) mass is 441 g/mol. The predicted molar refractivity (Wildman–Crippen MR) is 118 cm³/mol. The maximum atomic E-state index is 14.0. The topological polar surface area (TPSA) is 81.3 Å². The third kappa shape index (κ3) is 4.60. The van der Waals surface area contributed by atoms with Gasteiger partial charge in [-0.25, -0.2) is 9.37 Å². The van der Waals surface area contributed by atoms with Crippen LogP contribution in [-0.2, 0) is 0 Å². The molecule has 0 atom stereocenters. The molecule has 0 aliphatic carbocycles. The van der Waals surface area contributed by atoms with Gasteiger partial charge in [0.2, 0.25) is 0 Å². The van der Waals surface area contributed by atoms with Gasteiger partial charge in [-0.15, -0.1) is 0 Å². The molecule has 31 heavy (non-hydrogen) atoms. The lowest BCUT2D eigenvalue weighted by atomic mass is 10.1. The second-order valence-electron chi connectivity index (χ2n) is 7.37. The molecule has 3 aromatic rings. The average Bonchev–Trinajstić information content (AvgIpc) is 3.25. The number of hydrogen-bond donors (Lipinski definition) is 2. The number of anilines is 2. The number of aromatic nitrogens is 2. The van der Waals surface area contributed by atoms with E-state index < -0.39 is 17.5 Å². The Kier molecular flexibility index (Phi) is 6.01. The van der Waals surface area contributed by atoms with Gasteiger partial charge in [0.05, 0.1) is 10.6 Å². The van der Waals surface area contributed by atoms with Crippen molar-refractivity contribution in [3.8, 4) is 0 Å². The third-order valence-electron chi connectivity index (χ3n) is 5.21. The fraction of sp³-hybridized carbons (Fsp3) is 0.227. The number of aromatic amines is 1. The molecule has 9 heteroatoms. The number of likely N-dealkylation sites (N-methyl/N-ethyl adjacent to an activating group) is 1. The van der Waals surface area contributed by atoms with E-state index in [1.807, 2.05) is 6.07 Å². The molecule has 160 valence electrons. The van der Waals surface area contributed by atoms with Gasteiger partial charge in [-0.05, 0) is 31.3 Å². The summed E-state index contributed by atoms with van der Waals surface area (Å²) in [4.78, 5) is 36.9. The summed E-state index contributed by atoms with van der Waals surface area (Å²) in [5.41, 5.74) is 0.688. The number of carbonyl (C=O) groups is 2. The van der Waals surface area contributed by atoms with E-state index in [9.17, 15) is 14.0 Å². The standard InChI is InChI=1S/C22H21ClFN5O2/c1-28-7-9-29(10-8-28)19-12-15(5-6-25-19)27-22(31)18-11-14(13-26-18)21(30)20-16(23)3-2-4-17(20)24/h2-6,11-13,26H,7-10H2,1H3,(H,25,27,31). The van der Waals surface area contributed by atoms with Crippen LogP contribution >= 0.6 is 11.6 Å². The Bertz CT molecular complexity index is 1100. The van der Waals surface area contributed by atoms with E-state index in [2.05, 4.69) is 32.1 Å². The minimum atomic E-state index is -0.710. The smallest absolute Gasteiger partial charge is 0.272 e. The van der Waals surface area contributed by atoms with Gasteiger partial charge < -0.3 is 20.1 Å². The van der Waals surface area contributed by atoms with Crippen LogP contribution in [0.4, 0.5) is 15.9 Å². The van der Waals surface area contributed by atoms with Crippen molar-refractivity contribution < 1.29 is 14.0 Å².